The van der Waals surface area contributed by atoms with Crippen LogP contribution in [-0.2, 0) is 6.54 Å². The van der Waals surface area contributed by atoms with Crippen molar-refractivity contribution in [2.75, 3.05) is 13.6 Å². The van der Waals surface area contributed by atoms with E-state index >= 15 is 0 Å². The molecule has 0 aliphatic carbocycles. The van der Waals surface area contributed by atoms with Crippen molar-refractivity contribution in [3.05, 3.63) is 57.2 Å². The zero-order valence-electron chi connectivity index (χ0n) is 10.1. The summed E-state index contributed by atoms with van der Waals surface area (Å²) >= 11 is 7.58. The first-order chi connectivity index (χ1) is 8.65. The van der Waals surface area contributed by atoms with Gasteiger partial charge in [-0.05, 0) is 30.6 Å². The largest absolute Gasteiger partial charge is 0.294 e. The van der Waals surface area contributed by atoms with Gasteiger partial charge in [-0.15, -0.1) is 11.3 Å². The predicted molar refractivity (Wildman–Crippen MR) is 76.4 cm³/mol. The van der Waals surface area contributed by atoms with Crippen LogP contribution in [0.2, 0.25) is 5.02 Å². The third-order valence-corrected chi connectivity index (χ3v) is 3.66. The molecular weight excluding hydrogens is 266 g/mol. The molecule has 0 spiro atoms. The van der Waals surface area contributed by atoms with Gasteiger partial charge in [-0.2, -0.15) is 0 Å². The van der Waals surface area contributed by atoms with Gasteiger partial charge in [0, 0.05) is 22.0 Å². The second-order valence-electron chi connectivity index (χ2n) is 4.19. The first-order valence-electron chi connectivity index (χ1n) is 5.65. The number of rotatable bonds is 5. The average Bonchev–Trinajstić information content (AvgIpc) is 2.81. The molecule has 94 valence electrons. The van der Waals surface area contributed by atoms with Gasteiger partial charge >= 0.3 is 0 Å². The SMILES string of the molecule is CN(CC(=O)c1cccc(Cl)c1)Cc1cccs1. The Kier molecular flexibility index (Phi) is 4.53. The van der Waals surface area contributed by atoms with Crippen molar-refractivity contribution in [3.63, 3.8) is 0 Å². The van der Waals surface area contributed by atoms with Crippen LogP contribution in [0, 0.1) is 0 Å². The molecule has 2 rings (SSSR count). The van der Waals surface area contributed by atoms with Crippen LogP contribution >= 0.6 is 22.9 Å². The van der Waals surface area contributed by atoms with Crippen LogP contribution < -0.4 is 0 Å². The fourth-order valence-corrected chi connectivity index (χ4v) is 2.70. The molecule has 0 saturated carbocycles. The third-order valence-electron chi connectivity index (χ3n) is 2.57. The normalized spacial score (nSPS) is 10.8. The standard InChI is InChI=1S/C14H14ClNOS/c1-16(9-13-6-3-7-18-13)10-14(17)11-4-2-5-12(15)8-11/h2-8H,9-10H2,1H3. The van der Waals surface area contributed by atoms with Crippen molar-refractivity contribution < 1.29 is 4.79 Å². The molecule has 0 unspecified atom stereocenters. The molecule has 2 aromatic rings. The Bertz CT molecular complexity index is 524. The Morgan fingerprint density at radius 3 is 2.83 bits per heavy atom. The lowest BCUT2D eigenvalue weighted by atomic mass is 10.1. The van der Waals surface area contributed by atoms with Crippen LogP contribution in [0.15, 0.2) is 41.8 Å². The fraction of sp³-hybridized carbons (Fsp3) is 0.214. The van der Waals surface area contributed by atoms with Crippen molar-refractivity contribution in [2.24, 2.45) is 0 Å². The van der Waals surface area contributed by atoms with E-state index in [4.69, 9.17) is 11.6 Å². The van der Waals surface area contributed by atoms with Crippen LogP contribution in [0.4, 0.5) is 0 Å². The molecule has 1 aromatic heterocycles. The van der Waals surface area contributed by atoms with Crippen molar-refractivity contribution in [1.82, 2.24) is 4.90 Å². The maximum Gasteiger partial charge on any atom is 0.176 e. The Labute approximate surface area is 116 Å². The molecule has 1 heterocycles. The van der Waals surface area contributed by atoms with Crippen LogP contribution in [0.5, 0.6) is 0 Å². The van der Waals surface area contributed by atoms with E-state index in [-0.39, 0.29) is 5.78 Å². The Morgan fingerprint density at radius 1 is 1.33 bits per heavy atom. The third kappa shape index (κ3) is 3.67. The number of carbonyl (C=O) groups is 1. The Hall–Kier alpha value is -1.16. The smallest absolute Gasteiger partial charge is 0.176 e. The molecule has 0 amide bonds. The van der Waals surface area contributed by atoms with E-state index in [1.807, 2.05) is 23.4 Å². The summed E-state index contributed by atoms with van der Waals surface area (Å²) in [4.78, 5) is 15.3. The highest BCUT2D eigenvalue weighted by atomic mass is 35.5. The molecule has 0 radical (unpaired) electrons. The molecule has 0 aliphatic heterocycles. The molecule has 0 aliphatic rings. The lowest BCUT2D eigenvalue weighted by Gasteiger charge is -2.14. The van der Waals surface area contributed by atoms with Crippen LogP contribution in [0.3, 0.4) is 0 Å². The van der Waals surface area contributed by atoms with Crippen molar-refractivity contribution in [3.8, 4) is 0 Å². The number of benzene rings is 1. The lowest BCUT2D eigenvalue weighted by Crippen LogP contribution is -2.25. The van der Waals surface area contributed by atoms with Crippen molar-refractivity contribution in [1.29, 1.82) is 0 Å². The summed E-state index contributed by atoms with van der Waals surface area (Å²) in [6, 6.07) is 11.2. The monoisotopic (exact) mass is 279 g/mol. The van der Waals surface area contributed by atoms with Gasteiger partial charge in [0.2, 0.25) is 0 Å². The average molecular weight is 280 g/mol. The van der Waals surface area contributed by atoms with Crippen LogP contribution in [-0.4, -0.2) is 24.3 Å². The van der Waals surface area contributed by atoms with E-state index in [9.17, 15) is 4.79 Å². The Balaban J connectivity index is 1.95. The van der Waals surface area contributed by atoms with Gasteiger partial charge in [-0.1, -0.05) is 29.8 Å². The number of hydrogen-bond donors (Lipinski definition) is 0. The van der Waals surface area contributed by atoms with Gasteiger partial charge in [0.25, 0.3) is 0 Å². The summed E-state index contributed by atoms with van der Waals surface area (Å²) in [5.74, 6) is 0.0940. The van der Waals surface area contributed by atoms with Gasteiger partial charge in [-0.3, -0.25) is 9.69 Å². The number of halogens is 1. The first-order valence-corrected chi connectivity index (χ1v) is 6.90. The predicted octanol–water partition coefficient (Wildman–Crippen LogP) is 3.72. The van der Waals surface area contributed by atoms with E-state index in [1.54, 1.807) is 35.6 Å². The molecule has 18 heavy (non-hydrogen) atoms. The highest BCUT2D eigenvalue weighted by molar-refractivity contribution is 7.09. The number of hydrogen-bond acceptors (Lipinski definition) is 3. The zero-order chi connectivity index (χ0) is 13.0. The molecule has 0 N–H and O–H groups in total. The van der Waals surface area contributed by atoms with E-state index < -0.39 is 0 Å². The number of nitrogens with zero attached hydrogens (tertiary/aromatic N) is 1. The molecule has 1 aromatic carbocycles. The van der Waals surface area contributed by atoms with Gasteiger partial charge in [-0.25, -0.2) is 0 Å². The van der Waals surface area contributed by atoms with E-state index in [0.717, 1.165) is 6.54 Å². The molecule has 0 bridgehead atoms. The molecule has 0 saturated heterocycles. The van der Waals surface area contributed by atoms with E-state index in [2.05, 4.69) is 6.07 Å². The summed E-state index contributed by atoms with van der Waals surface area (Å²) < 4.78 is 0. The minimum atomic E-state index is 0.0940. The second kappa shape index (κ2) is 6.14. The van der Waals surface area contributed by atoms with Crippen LogP contribution in [0.1, 0.15) is 15.2 Å². The summed E-state index contributed by atoms with van der Waals surface area (Å²) in [6.07, 6.45) is 0. The number of likely N-dealkylation sites (N-methyl/N-ethyl adjacent to an activating group) is 1. The molecule has 4 heteroatoms. The van der Waals surface area contributed by atoms with Crippen molar-refractivity contribution in [2.45, 2.75) is 6.54 Å². The van der Waals surface area contributed by atoms with Gasteiger partial charge in [0.05, 0.1) is 6.54 Å². The highest BCUT2D eigenvalue weighted by Gasteiger charge is 2.10. The van der Waals surface area contributed by atoms with Crippen molar-refractivity contribution >= 4 is 28.7 Å². The maximum absolute atomic E-state index is 12.0. The summed E-state index contributed by atoms with van der Waals surface area (Å²) in [5, 5.41) is 2.64. The molecule has 0 fully saturated rings. The van der Waals surface area contributed by atoms with Gasteiger partial charge < -0.3 is 0 Å². The number of Topliss-reactive ketones (excluding diaryl/α,β-unsaturated/α-hetero) is 1. The lowest BCUT2D eigenvalue weighted by molar-refractivity contribution is 0.0943. The minimum absolute atomic E-state index is 0.0940. The summed E-state index contributed by atoms with van der Waals surface area (Å²) in [6.45, 7) is 1.20. The molecular formula is C14H14ClNOS. The summed E-state index contributed by atoms with van der Waals surface area (Å²) in [5.41, 5.74) is 0.667. The van der Waals surface area contributed by atoms with Gasteiger partial charge in [0.15, 0.2) is 5.78 Å². The van der Waals surface area contributed by atoms with E-state index in [0.29, 0.717) is 17.1 Å². The Morgan fingerprint density at radius 2 is 2.17 bits per heavy atom. The van der Waals surface area contributed by atoms with Gasteiger partial charge in [0.1, 0.15) is 0 Å². The number of thiophene rings is 1. The summed E-state index contributed by atoms with van der Waals surface area (Å²) in [7, 11) is 1.95. The van der Waals surface area contributed by atoms with Crippen LogP contribution in [0.25, 0.3) is 0 Å². The first kappa shape index (κ1) is 13.3. The maximum atomic E-state index is 12.0. The number of carbonyl (C=O) groups excluding carboxylic acids is 1. The fourth-order valence-electron chi connectivity index (χ4n) is 1.72. The van der Waals surface area contributed by atoms with E-state index in [1.165, 1.54) is 4.88 Å². The molecule has 2 nitrogen and oxygen atoms in total. The quantitative estimate of drug-likeness (QED) is 0.778. The number of ketones is 1. The second-order valence-corrected chi connectivity index (χ2v) is 5.65. The zero-order valence-corrected chi connectivity index (χ0v) is 11.7. The topological polar surface area (TPSA) is 20.3 Å². The minimum Gasteiger partial charge on any atom is -0.294 e. The highest BCUT2D eigenvalue weighted by Crippen LogP contribution is 2.13. The molecule has 0 atom stereocenters.